The van der Waals surface area contributed by atoms with Gasteiger partial charge in [0.05, 0.1) is 22.2 Å². The number of nitrogens with zero attached hydrogens (tertiary/aromatic N) is 4. The number of alkyl halides is 6. The van der Waals surface area contributed by atoms with Gasteiger partial charge in [-0.05, 0) is 12.1 Å². The van der Waals surface area contributed by atoms with Crippen LogP contribution in [0.4, 0.5) is 32.2 Å². The summed E-state index contributed by atoms with van der Waals surface area (Å²) in [7, 11) is -3.69. The molecule has 0 aliphatic heterocycles. The molecule has 0 saturated heterocycles. The van der Waals surface area contributed by atoms with E-state index in [1.165, 1.54) is 13.2 Å². The Bertz CT molecular complexity index is 1150. The summed E-state index contributed by atoms with van der Waals surface area (Å²) in [5.74, 6) is -0.792. The standard InChI is InChI=1S/C16H12Cl2F6N4O3S/c1-27(3-4-31-2)14-13(32(29,30)16(22,23)24)11(7-25)26-28(14)12-9(17)5-8(6-10(12)18)15(19,20)21/h5-6H,3-4H2,1-2H3. The van der Waals surface area contributed by atoms with Crippen LogP contribution in [-0.2, 0) is 20.8 Å². The Kier molecular flexibility index (Phi) is 7.30. The second-order valence-corrected chi connectivity index (χ2v) is 8.87. The van der Waals surface area contributed by atoms with Crippen LogP contribution in [0.25, 0.3) is 5.69 Å². The van der Waals surface area contributed by atoms with Gasteiger partial charge in [0.25, 0.3) is 9.84 Å². The van der Waals surface area contributed by atoms with Crippen LogP contribution in [-0.4, -0.2) is 51.0 Å². The molecule has 1 aromatic carbocycles. The predicted molar refractivity (Wildman–Crippen MR) is 102 cm³/mol. The molecule has 0 radical (unpaired) electrons. The molecule has 16 heteroatoms. The first-order chi connectivity index (χ1) is 14.6. The van der Waals surface area contributed by atoms with Crippen molar-refractivity contribution in [3.8, 4) is 11.8 Å². The van der Waals surface area contributed by atoms with E-state index in [1.807, 2.05) is 0 Å². The Hall–Kier alpha value is -2.21. The second-order valence-electron chi connectivity index (χ2n) is 6.17. The van der Waals surface area contributed by atoms with E-state index in [2.05, 4.69) is 5.10 Å². The summed E-state index contributed by atoms with van der Waals surface area (Å²) >= 11 is 11.8. The van der Waals surface area contributed by atoms with Crippen LogP contribution in [0.3, 0.4) is 0 Å². The Morgan fingerprint density at radius 3 is 2.12 bits per heavy atom. The van der Waals surface area contributed by atoms with Gasteiger partial charge in [0, 0.05) is 20.7 Å². The van der Waals surface area contributed by atoms with Crippen molar-refractivity contribution >= 4 is 38.9 Å². The van der Waals surface area contributed by atoms with Crippen LogP contribution in [0.5, 0.6) is 0 Å². The summed E-state index contributed by atoms with van der Waals surface area (Å²) in [4.78, 5) is -0.543. The molecule has 0 N–H and O–H groups in total. The zero-order valence-corrected chi connectivity index (χ0v) is 18.3. The number of sulfone groups is 1. The first-order valence-corrected chi connectivity index (χ1v) is 10.4. The number of ether oxygens (including phenoxy) is 1. The summed E-state index contributed by atoms with van der Waals surface area (Å²) in [5, 5.41) is 11.4. The molecule has 0 atom stereocenters. The lowest BCUT2D eigenvalue weighted by Crippen LogP contribution is -2.29. The highest BCUT2D eigenvalue weighted by molar-refractivity contribution is 7.92. The molecule has 0 fully saturated rings. The lowest BCUT2D eigenvalue weighted by Gasteiger charge is -2.23. The van der Waals surface area contributed by atoms with Gasteiger partial charge < -0.3 is 9.64 Å². The molecule has 7 nitrogen and oxygen atoms in total. The summed E-state index contributed by atoms with van der Waals surface area (Å²) < 4.78 is 109. The molecule has 0 unspecified atom stereocenters. The number of halogens is 8. The van der Waals surface area contributed by atoms with Gasteiger partial charge >= 0.3 is 11.7 Å². The van der Waals surface area contributed by atoms with Crippen molar-refractivity contribution < 1.29 is 39.5 Å². The third-order valence-corrected chi connectivity index (χ3v) is 6.15. The smallest absolute Gasteiger partial charge is 0.383 e. The van der Waals surface area contributed by atoms with E-state index in [0.29, 0.717) is 16.8 Å². The van der Waals surface area contributed by atoms with E-state index >= 15 is 0 Å². The number of rotatable bonds is 6. The molecule has 32 heavy (non-hydrogen) atoms. The fourth-order valence-electron chi connectivity index (χ4n) is 2.59. The Balaban J connectivity index is 2.96. The van der Waals surface area contributed by atoms with Crippen LogP contribution in [0.1, 0.15) is 11.3 Å². The molecule has 0 saturated carbocycles. The topological polar surface area (TPSA) is 88.2 Å². The maximum Gasteiger partial charge on any atom is 0.502 e. The molecule has 0 bridgehead atoms. The van der Waals surface area contributed by atoms with Crippen molar-refractivity contribution in [2.75, 3.05) is 32.2 Å². The van der Waals surface area contributed by atoms with Crippen LogP contribution < -0.4 is 4.90 Å². The van der Waals surface area contributed by atoms with E-state index < -0.39 is 59.2 Å². The first-order valence-electron chi connectivity index (χ1n) is 8.19. The molecular formula is C16H12Cl2F6N4O3S. The van der Waals surface area contributed by atoms with E-state index in [4.69, 9.17) is 27.9 Å². The SMILES string of the molecule is COCCN(C)c1c(S(=O)(=O)C(F)(F)F)c(C#N)nn1-c1c(Cl)cc(C(F)(F)F)cc1Cl. The fourth-order valence-corrected chi connectivity index (χ4v) is 4.29. The normalized spacial score (nSPS) is 12.7. The summed E-state index contributed by atoms with van der Waals surface area (Å²) in [5.41, 5.74) is -8.78. The van der Waals surface area contributed by atoms with Crippen molar-refractivity contribution in [1.82, 2.24) is 9.78 Å². The highest BCUT2D eigenvalue weighted by Crippen LogP contribution is 2.43. The number of likely N-dealkylation sites (N-methyl/N-ethyl adjacent to an activating group) is 1. The first kappa shape index (κ1) is 26.0. The zero-order valence-electron chi connectivity index (χ0n) is 16.0. The highest BCUT2D eigenvalue weighted by Gasteiger charge is 2.51. The molecule has 1 heterocycles. The molecule has 0 amide bonds. The molecule has 0 aliphatic rings. The number of nitriles is 1. The zero-order chi connectivity index (χ0) is 24.6. The third kappa shape index (κ3) is 4.75. The van der Waals surface area contributed by atoms with Gasteiger partial charge in [-0.15, -0.1) is 0 Å². The van der Waals surface area contributed by atoms with Gasteiger partial charge in [0.2, 0.25) is 0 Å². The molecule has 1 aromatic heterocycles. The number of hydrogen-bond acceptors (Lipinski definition) is 6. The summed E-state index contributed by atoms with van der Waals surface area (Å²) in [6, 6.07) is 2.13. The Morgan fingerprint density at radius 2 is 1.72 bits per heavy atom. The minimum absolute atomic E-state index is 0.0937. The average molecular weight is 525 g/mol. The average Bonchev–Trinajstić information content (AvgIpc) is 3.03. The minimum atomic E-state index is -6.12. The summed E-state index contributed by atoms with van der Waals surface area (Å²) in [6.45, 7) is -0.285. The van der Waals surface area contributed by atoms with Crippen LogP contribution >= 0.6 is 23.2 Å². The van der Waals surface area contributed by atoms with E-state index in [9.17, 15) is 40.0 Å². The van der Waals surface area contributed by atoms with Gasteiger partial charge in [-0.1, -0.05) is 23.2 Å². The van der Waals surface area contributed by atoms with Gasteiger partial charge in [0.1, 0.15) is 11.8 Å². The van der Waals surface area contributed by atoms with Crippen molar-refractivity contribution in [1.29, 1.82) is 5.26 Å². The highest BCUT2D eigenvalue weighted by atomic mass is 35.5. The maximum atomic E-state index is 13.3. The number of anilines is 1. The van der Waals surface area contributed by atoms with Crippen molar-refractivity contribution in [2.45, 2.75) is 16.6 Å². The molecule has 176 valence electrons. The van der Waals surface area contributed by atoms with E-state index in [0.717, 1.165) is 11.9 Å². The van der Waals surface area contributed by atoms with Crippen LogP contribution in [0.15, 0.2) is 17.0 Å². The fraction of sp³-hybridized carbons (Fsp3) is 0.375. The Labute approximate surface area is 187 Å². The molecule has 0 spiro atoms. The van der Waals surface area contributed by atoms with Gasteiger partial charge in [-0.3, -0.25) is 0 Å². The van der Waals surface area contributed by atoms with E-state index in [-0.39, 0.29) is 13.2 Å². The largest absolute Gasteiger partial charge is 0.502 e. The van der Waals surface area contributed by atoms with Gasteiger partial charge in [-0.2, -0.15) is 36.7 Å². The molecule has 0 aliphatic carbocycles. The second kappa shape index (κ2) is 8.97. The van der Waals surface area contributed by atoms with Crippen molar-refractivity contribution in [3.63, 3.8) is 0 Å². The minimum Gasteiger partial charge on any atom is -0.383 e. The predicted octanol–water partition coefficient (Wildman–Crippen LogP) is 4.45. The van der Waals surface area contributed by atoms with E-state index in [1.54, 1.807) is 0 Å². The lowest BCUT2D eigenvalue weighted by molar-refractivity contribution is -0.137. The molecule has 2 aromatic rings. The summed E-state index contributed by atoms with van der Waals surface area (Å²) in [6.07, 6.45) is -4.85. The monoisotopic (exact) mass is 524 g/mol. The van der Waals surface area contributed by atoms with Crippen LogP contribution in [0.2, 0.25) is 10.0 Å². The number of aromatic nitrogens is 2. The van der Waals surface area contributed by atoms with Crippen molar-refractivity contribution in [2.24, 2.45) is 0 Å². The molecular weight excluding hydrogens is 513 g/mol. The number of methoxy groups -OCH3 is 1. The third-order valence-electron chi connectivity index (χ3n) is 4.05. The lowest BCUT2D eigenvalue weighted by atomic mass is 10.2. The van der Waals surface area contributed by atoms with Gasteiger partial charge in [-0.25, -0.2) is 13.1 Å². The quantitative estimate of drug-likeness (QED) is 0.519. The maximum absolute atomic E-state index is 13.3. The van der Waals surface area contributed by atoms with Crippen molar-refractivity contribution in [3.05, 3.63) is 33.4 Å². The molecule has 2 rings (SSSR count). The Morgan fingerprint density at radius 1 is 1.19 bits per heavy atom. The number of benzene rings is 1. The van der Waals surface area contributed by atoms with Gasteiger partial charge in [0.15, 0.2) is 16.4 Å². The van der Waals surface area contributed by atoms with Crippen LogP contribution in [0, 0.1) is 11.3 Å². The number of hydrogen-bond donors (Lipinski definition) is 0.